The van der Waals surface area contributed by atoms with Gasteiger partial charge >= 0.3 is 0 Å². The summed E-state index contributed by atoms with van der Waals surface area (Å²) in [5.41, 5.74) is 1.22. The number of pyridine rings is 1. The van der Waals surface area contributed by atoms with Gasteiger partial charge in [0.15, 0.2) is 0 Å². The molecule has 0 radical (unpaired) electrons. The van der Waals surface area contributed by atoms with Crippen LogP contribution in [0.1, 0.15) is 18.4 Å². The van der Waals surface area contributed by atoms with Crippen molar-refractivity contribution in [1.29, 1.82) is 0 Å². The number of para-hydroxylation sites is 1. The van der Waals surface area contributed by atoms with E-state index < -0.39 is 15.9 Å². The lowest BCUT2D eigenvalue weighted by atomic mass is 9.99. The Morgan fingerprint density at radius 2 is 1.90 bits per heavy atom. The number of sulfonamides is 1. The van der Waals surface area contributed by atoms with Crippen molar-refractivity contribution in [3.63, 3.8) is 0 Å². The molecule has 1 N–H and O–H groups in total. The Balaban J connectivity index is 1.48. The predicted octanol–water partition coefficient (Wildman–Crippen LogP) is 3.09. The van der Waals surface area contributed by atoms with Crippen LogP contribution >= 0.6 is 0 Å². The summed E-state index contributed by atoms with van der Waals surface area (Å²) in [4.78, 5) is 17.1. The smallest absolute Gasteiger partial charge is 0.245 e. The second kappa shape index (κ2) is 8.49. The fourth-order valence-corrected chi connectivity index (χ4v) is 5.42. The van der Waals surface area contributed by atoms with Crippen molar-refractivity contribution in [1.82, 2.24) is 14.6 Å². The van der Waals surface area contributed by atoms with E-state index in [0.717, 1.165) is 10.9 Å². The van der Waals surface area contributed by atoms with E-state index in [9.17, 15) is 17.6 Å². The summed E-state index contributed by atoms with van der Waals surface area (Å²) in [5, 5.41) is 3.59. The number of carbonyl (C=O) groups is 1. The van der Waals surface area contributed by atoms with Gasteiger partial charge in [-0.3, -0.25) is 9.78 Å². The van der Waals surface area contributed by atoms with Crippen LogP contribution in [0.15, 0.2) is 65.7 Å². The zero-order valence-electron chi connectivity index (χ0n) is 16.3. The summed E-state index contributed by atoms with van der Waals surface area (Å²) in [6, 6.07) is 14.6. The third kappa shape index (κ3) is 4.20. The Morgan fingerprint density at radius 1 is 1.13 bits per heavy atom. The van der Waals surface area contributed by atoms with Gasteiger partial charge in [-0.1, -0.05) is 30.3 Å². The second-order valence-electron chi connectivity index (χ2n) is 7.38. The molecule has 2 aromatic carbocycles. The SMILES string of the molecule is O=C(NCc1ccc(F)cc1)[C@@H]1CCCN(S(=O)(=O)c2cccc3cccnc23)C1. The third-order valence-electron chi connectivity index (χ3n) is 5.35. The first-order valence-corrected chi connectivity index (χ1v) is 11.3. The Hall–Kier alpha value is -2.84. The van der Waals surface area contributed by atoms with E-state index >= 15 is 0 Å². The van der Waals surface area contributed by atoms with Crippen LogP contribution in [0.25, 0.3) is 10.9 Å². The van der Waals surface area contributed by atoms with E-state index in [0.29, 0.717) is 24.9 Å². The number of carbonyl (C=O) groups excluding carboxylic acids is 1. The molecule has 0 unspecified atom stereocenters. The fraction of sp³-hybridized carbons (Fsp3) is 0.273. The van der Waals surface area contributed by atoms with Crippen LogP contribution in [0.2, 0.25) is 0 Å². The Morgan fingerprint density at radius 3 is 2.70 bits per heavy atom. The number of hydrogen-bond acceptors (Lipinski definition) is 4. The molecule has 0 bridgehead atoms. The first kappa shape index (κ1) is 20.4. The Bertz CT molecular complexity index is 1160. The number of piperidine rings is 1. The maximum Gasteiger partial charge on any atom is 0.245 e. The standard InChI is InChI=1S/C22H22FN3O3S/c23-19-10-8-16(9-11-19)14-25-22(27)18-6-3-13-26(15-18)30(28,29)20-7-1-4-17-5-2-12-24-21(17)20/h1-2,4-5,7-12,18H,3,6,13-15H2,(H,25,27)/t18-/m1/s1. The number of fused-ring (bicyclic) bond motifs is 1. The lowest BCUT2D eigenvalue weighted by Crippen LogP contribution is -2.45. The largest absolute Gasteiger partial charge is 0.352 e. The summed E-state index contributed by atoms with van der Waals surface area (Å²) < 4.78 is 41.0. The van der Waals surface area contributed by atoms with Crippen molar-refractivity contribution in [3.8, 4) is 0 Å². The molecule has 3 aromatic rings. The second-order valence-corrected chi connectivity index (χ2v) is 9.28. The van der Waals surface area contributed by atoms with Gasteiger partial charge in [0.1, 0.15) is 10.7 Å². The molecule has 1 fully saturated rings. The van der Waals surface area contributed by atoms with Crippen molar-refractivity contribution in [3.05, 3.63) is 72.2 Å². The zero-order chi connectivity index (χ0) is 21.1. The quantitative estimate of drug-likeness (QED) is 0.679. The van der Waals surface area contributed by atoms with Crippen molar-refractivity contribution >= 4 is 26.8 Å². The van der Waals surface area contributed by atoms with Gasteiger partial charge in [-0.2, -0.15) is 4.31 Å². The van der Waals surface area contributed by atoms with Crippen molar-refractivity contribution in [2.75, 3.05) is 13.1 Å². The highest BCUT2D eigenvalue weighted by molar-refractivity contribution is 7.89. The van der Waals surface area contributed by atoms with Gasteiger partial charge in [-0.05, 0) is 42.7 Å². The van der Waals surface area contributed by atoms with Crippen LogP contribution in [-0.2, 0) is 21.4 Å². The molecule has 0 aliphatic carbocycles. The van der Waals surface area contributed by atoms with E-state index in [1.165, 1.54) is 16.4 Å². The number of nitrogens with zero attached hydrogens (tertiary/aromatic N) is 2. The van der Waals surface area contributed by atoms with Gasteiger partial charge in [0.05, 0.1) is 11.4 Å². The van der Waals surface area contributed by atoms with E-state index in [1.54, 1.807) is 36.5 Å². The van der Waals surface area contributed by atoms with E-state index in [1.807, 2.05) is 12.1 Å². The number of rotatable bonds is 5. The molecule has 1 aromatic heterocycles. The molecule has 156 valence electrons. The van der Waals surface area contributed by atoms with Crippen LogP contribution in [0.5, 0.6) is 0 Å². The van der Waals surface area contributed by atoms with Crippen LogP contribution in [-0.4, -0.2) is 36.7 Å². The summed E-state index contributed by atoms with van der Waals surface area (Å²) in [5.74, 6) is -0.965. The molecule has 1 saturated heterocycles. The van der Waals surface area contributed by atoms with Crippen molar-refractivity contribution < 1.29 is 17.6 Å². The van der Waals surface area contributed by atoms with Crippen molar-refractivity contribution in [2.24, 2.45) is 5.92 Å². The highest BCUT2D eigenvalue weighted by Gasteiger charge is 2.34. The minimum Gasteiger partial charge on any atom is -0.352 e. The van der Waals surface area contributed by atoms with E-state index in [2.05, 4.69) is 10.3 Å². The molecule has 4 rings (SSSR count). The van der Waals surface area contributed by atoms with Crippen molar-refractivity contribution in [2.45, 2.75) is 24.3 Å². The van der Waals surface area contributed by atoms with Crippen LogP contribution < -0.4 is 5.32 Å². The molecule has 1 aliphatic heterocycles. The number of halogens is 1. The lowest BCUT2D eigenvalue weighted by molar-refractivity contribution is -0.126. The van der Waals surface area contributed by atoms with Gasteiger partial charge in [0.2, 0.25) is 15.9 Å². The van der Waals surface area contributed by atoms with Crippen LogP contribution in [0.4, 0.5) is 4.39 Å². The minimum atomic E-state index is -3.78. The minimum absolute atomic E-state index is 0.126. The monoisotopic (exact) mass is 427 g/mol. The molecule has 1 atom stereocenters. The van der Waals surface area contributed by atoms with E-state index in [4.69, 9.17) is 0 Å². The molecule has 8 heteroatoms. The first-order valence-electron chi connectivity index (χ1n) is 9.81. The molecular formula is C22H22FN3O3S. The zero-order valence-corrected chi connectivity index (χ0v) is 17.1. The Kier molecular flexibility index (Phi) is 5.78. The average Bonchev–Trinajstić information content (AvgIpc) is 2.78. The van der Waals surface area contributed by atoms with Gasteiger partial charge in [0.25, 0.3) is 0 Å². The highest BCUT2D eigenvalue weighted by atomic mass is 32.2. The molecule has 2 heterocycles. The normalized spacial score (nSPS) is 17.7. The van der Waals surface area contributed by atoms with Crippen LogP contribution in [0.3, 0.4) is 0 Å². The Labute approximate surface area is 174 Å². The molecule has 1 aliphatic rings. The van der Waals surface area contributed by atoms with Gasteiger partial charge in [-0.25, -0.2) is 12.8 Å². The predicted molar refractivity (Wildman–Crippen MR) is 111 cm³/mol. The van der Waals surface area contributed by atoms with Gasteiger partial charge in [-0.15, -0.1) is 0 Å². The van der Waals surface area contributed by atoms with Gasteiger partial charge < -0.3 is 5.32 Å². The highest BCUT2D eigenvalue weighted by Crippen LogP contribution is 2.28. The summed E-state index contributed by atoms with van der Waals surface area (Å²) in [6.07, 6.45) is 2.80. The molecule has 1 amide bonds. The number of benzene rings is 2. The lowest BCUT2D eigenvalue weighted by Gasteiger charge is -2.31. The van der Waals surface area contributed by atoms with Gasteiger partial charge in [0, 0.05) is 31.2 Å². The van der Waals surface area contributed by atoms with Crippen LogP contribution in [0, 0.1) is 11.7 Å². The number of hydrogen-bond donors (Lipinski definition) is 1. The molecule has 6 nitrogen and oxygen atoms in total. The average molecular weight is 428 g/mol. The number of nitrogens with one attached hydrogen (secondary N) is 1. The number of aromatic nitrogens is 1. The fourth-order valence-electron chi connectivity index (χ4n) is 3.73. The summed E-state index contributed by atoms with van der Waals surface area (Å²) >= 11 is 0. The molecule has 0 saturated carbocycles. The summed E-state index contributed by atoms with van der Waals surface area (Å²) in [6.45, 7) is 0.768. The molecular weight excluding hydrogens is 405 g/mol. The third-order valence-corrected chi connectivity index (χ3v) is 7.25. The van der Waals surface area contributed by atoms with E-state index in [-0.39, 0.29) is 29.7 Å². The summed E-state index contributed by atoms with van der Waals surface area (Å²) in [7, 11) is -3.78. The topological polar surface area (TPSA) is 79.4 Å². The maximum absolute atomic E-state index is 13.3. The molecule has 0 spiro atoms. The molecule has 30 heavy (non-hydrogen) atoms. The number of amides is 1. The maximum atomic E-state index is 13.3. The first-order chi connectivity index (χ1) is 14.4.